The van der Waals surface area contributed by atoms with Crippen LogP contribution in [0.1, 0.15) is 30.4 Å². The average molecular weight is 403 g/mol. The van der Waals surface area contributed by atoms with Crippen LogP contribution in [0.15, 0.2) is 18.2 Å². The predicted octanol–water partition coefficient (Wildman–Crippen LogP) is 2.64. The third-order valence-electron chi connectivity index (χ3n) is 6.48. The van der Waals surface area contributed by atoms with Crippen LogP contribution in [-0.2, 0) is 4.79 Å². The minimum Gasteiger partial charge on any atom is -0.481 e. The first-order valence-electron chi connectivity index (χ1n) is 10.6. The first kappa shape index (κ1) is 21.6. The molecule has 2 amide bonds. The van der Waals surface area contributed by atoms with Gasteiger partial charge in [0.2, 0.25) is 0 Å². The summed E-state index contributed by atoms with van der Waals surface area (Å²) in [4.78, 5) is 30.7. The maximum absolute atomic E-state index is 12.9. The summed E-state index contributed by atoms with van der Waals surface area (Å²) in [5, 5.41) is 12.2. The molecule has 2 unspecified atom stereocenters. The van der Waals surface area contributed by atoms with Crippen LogP contribution in [0.5, 0.6) is 0 Å². The van der Waals surface area contributed by atoms with E-state index in [9.17, 15) is 14.7 Å². The Kier molecular flexibility index (Phi) is 7.14. The fourth-order valence-electron chi connectivity index (χ4n) is 4.45. The molecule has 7 nitrogen and oxygen atoms in total. The van der Waals surface area contributed by atoms with E-state index in [-0.39, 0.29) is 18.4 Å². The summed E-state index contributed by atoms with van der Waals surface area (Å²) in [5.74, 6) is -0.576. The Hall–Kier alpha value is -2.12. The van der Waals surface area contributed by atoms with Gasteiger partial charge in [0.25, 0.3) is 0 Å². The van der Waals surface area contributed by atoms with Crippen molar-refractivity contribution in [3.63, 3.8) is 0 Å². The number of carbonyl (C=O) groups is 2. The second kappa shape index (κ2) is 9.59. The number of urea groups is 1. The number of aliphatic carboxylic acids is 1. The van der Waals surface area contributed by atoms with Crippen molar-refractivity contribution in [1.82, 2.24) is 14.7 Å². The fraction of sp³-hybridized carbons (Fsp3) is 0.636. The third kappa shape index (κ3) is 5.70. The number of hydrogen-bond acceptors (Lipinski definition) is 4. The monoisotopic (exact) mass is 402 g/mol. The molecule has 0 aromatic heterocycles. The lowest BCUT2D eigenvalue weighted by atomic mass is 9.86. The molecule has 0 bridgehead atoms. The summed E-state index contributed by atoms with van der Waals surface area (Å²) < 4.78 is 0. The molecular weight excluding hydrogens is 368 g/mol. The highest BCUT2D eigenvalue weighted by Gasteiger charge is 2.36. The van der Waals surface area contributed by atoms with Crippen LogP contribution < -0.4 is 5.32 Å². The van der Waals surface area contributed by atoms with Crippen molar-refractivity contribution in [2.24, 2.45) is 5.92 Å². The number of anilines is 1. The molecule has 29 heavy (non-hydrogen) atoms. The van der Waals surface area contributed by atoms with Crippen LogP contribution in [0.4, 0.5) is 10.5 Å². The van der Waals surface area contributed by atoms with Crippen molar-refractivity contribution in [3.8, 4) is 0 Å². The smallest absolute Gasteiger partial charge is 0.321 e. The van der Waals surface area contributed by atoms with E-state index < -0.39 is 5.97 Å². The molecule has 2 aliphatic heterocycles. The molecule has 2 N–H and O–H groups in total. The first-order chi connectivity index (χ1) is 13.8. The Morgan fingerprint density at radius 3 is 2.48 bits per heavy atom. The van der Waals surface area contributed by atoms with Gasteiger partial charge in [-0.15, -0.1) is 0 Å². The fourth-order valence-corrected chi connectivity index (χ4v) is 4.45. The van der Waals surface area contributed by atoms with Gasteiger partial charge in [0, 0.05) is 57.4 Å². The van der Waals surface area contributed by atoms with Crippen LogP contribution in [0.2, 0.25) is 0 Å². The molecule has 3 rings (SSSR count). The Morgan fingerprint density at radius 2 is 1.83 bits per heavy atom. The van der Waals surface area contributed by atoms with Gasteiger partial charge in [-0.1, -0.05) is 6.07 Å². The number of hydrogen-bond donors (Lipinski definition) is 2. The molecule has 2 atom stereocenters. The molecule has 2 heterocycles. The van der Waals surface area contributed by atoms with Crippen molar-refractivity contribution in [1.29, 1.82) is 0 Å². The van der Waals surface area contributed by atoms with E-state index in [1.165, 1.54) is 5.56 Å². The van der Waals surface area contributed by atoms with E-state index in [1.807, 2.05) is 30.0 Å². The van der Waals surface area contributed by atoms with E-state index >= 15 is 0 Å². The molecule has 0 aliphatic carbocycles. The van der Waals surface area contributed by atoms with E-state index in [4.69, 9.17) is 0 Å². The summed E-state index contributed by atoms with van der Waals surface area (Å²) in [7, 11) is 2.14. The topological polar surface area (TPSA) is 76.1 Å². The van der Waals surface area contributed by atoms with E-state index in [0.29, 0.717) is 25.6 Å². The lowest BCUT2D eigenvalue weighted by Gasteiger charge is -2.46. The van der Waals surface area contributed by atoms with Crippen molar-refractivity contribution in [2.75, 3.05) is 51.6 Å². The van der Waals surface area contributed by atoms with Crippen LogP contribution in [0.25, 0.3) is 0 Å². The lowest BCUT2D eigenvalue weighted by molar-refractivity contribution is -0.137. The van der Waals surface area contributed by atoms with Crippen LogP contribution >= 0.6 is 0 Å². The molecule has 1 aromatic carbocycles. The molecular formula is C22H34N4O3. The molecule has 7 heteroatoms. The summed E-state index contributed by atoms with van der Waals surface area (Å²) in [5.41, 5.74) is 3.15. The molecule has 2 saturated heterocycles. The van der Waals surface area contributed by atoms with Gasteiger partial charge in [-0.2, -0.15) is 0 Å². The Balaban J connectivity index is 1.64. The maximum atomic E-state index is 12.9. The second-order valence-corrected chi connectivity index (χ2v) is 8.56. The summed E-state index contributed by atoms with van der Waals surface area (Å²) in [6.45, 7) is 9.52. The number of carbonyl (C=O) groups excluding carboxylic acids is 1. The zero-order valence-corrected chi connectivity index (χ0v) is 17.9. The standard InChI is InChI=1S/C22H34N4O3/c1-16-4-6-19(14-17(16)2)23-22(29)26-9-8-20(18(15-26)5-7-21(27)28)25-12-10-24(3)11-13-25/h4,6,14,18,20H,5,7-13,15H2,1-3H3,(H,23,29)(H,27,28). The van der Waals surface area contributed by atoms with Crippen molar-refractivity contribution < 1.29 is 14.7 Å². The van der Waals surface area contributed by atoms with Gasteiger partial charge in [0.05, 0.1) is 0 Å². The highest BCUT2D eigenvalue weighted by atomic mass is 16.4. The zero-order valence-electron chi connectivity index (χ0n) is 17.9. The number of carboxylic acids is 1. The number of rotatable bonds is 5. The maximum Gasteiger partial charge on any atom is 0.321 e. The normalized spacial score (nSPS) is 23.8. The van der Waals surface area contributed by atoms with Gasteiger partial charge in [-0.3, -0.25) is 9.69 Å². The summed E-state index contributed by atoms with van der Waals surface area (Å²) in [6, 6.07) is 6.20. The van der Waals surface area contributed by atoms with Gasteiger partial charge in [-0.05, 0) is 62.9 Å². The quantitative estimate of drug-likeness (QED) is 0.792. The SMILES string of the molecule is Cc1ccc(NC(=O)N2CCC(N3CCN(C)CC3)C(CCC(=O)O)C2)cc1C. The number of likely N-dealkylation sites (N-methyl/N-ethyl adjacent to an activating group) is 1. The van der Waals surface area contributed by atoms with Gasteiger partial charge >= 0.3 is 12.0 Å². The number of likely N-dealkylation sites (tertiary alicyclic amines) is 1. The Bertz CT molecular complexity index is 731. The van der Waals surface area contributed by atoms with Crippen LogP contribution in [0.3, 0.4) is 0 Å². The highest BCUT2D eigenvalue weighted by Crippen LogP contribution is 2.28. The number of nitrogens with one attached hydrogen (secondary N) is 1. The second-order valence-electron chi connectivity index (χ2n) is 8.56. The minimum absolute atomic E-state index is 0.0922. The number of benzene rings is 1. The van der Waals surface area contributed by atoms with Crippen molar-refractivity contribution in [2.45, 2.75) is 39.2 Å². The molecule has 0 saturated carbocycles. The van der Waals surface area contributed by atoms with E-state index in [1.54, 1.807) is 0 Å². The number of aryl methyl sites for hydroxylation is 2. The van der Waals surface area contributed by atoms with Crippen LogP contribution in [0, 0.1) is 19.8 Å². The zero-order chi connectivity index (χ0) is 21.0. The van der Waals surface area contributed by atoms with Gasteiger partial charge in [0.15, 0.2) is 0 Å². The molecule has 1 aromatic rings. The van der Waals surface area contributed by atoms with E-state index in [0.717, 1.165) is 43.9 Å². The highest BCUT2D eigenvalue weighted by molar-refractivity contribution is 5.89. The third-order valence-corrected chi connectivity index (χ3v) is 6.48. The average Bonchev–Trinajstić information content (AvgIpc) is 2.69. The lowest BCUT2D eigenvalue weighted by Crippen LogP contribution is -2.57. The molecule has 0 radical (unpaired) electrons. The molecule has 2 fully saturated rings. The predicted molar refractivity (Wildman–Crippen MR) is 114 cm³/mol. The molecule has 160 valence electrons. The summed E-state index contributed by atoms with van der Waals surface area (Å²) in [6.07, 6.45) is 1.66. The number of piperazine rings is 1. The van der Waals surface area contributed by atoms with E-state index in [2.05, 4.69) is 29.1 Å². The molecule has 0 spiro atoms. The first-order valence-corrected chi connectivity index (χ1v) is 10.6. The Labute approximate surface area is 173 Å². The van der Waals surface area contributed by atoms with Gasteiger partial charge in [-0.25, -0.2) is 4.79 Å². The largest absolute Gasteiger partial charge is 0.481 e. The molecule has 2 aliphatic rings. The minimum atomic E-state index is -0.765. The number of nitrogens with zero attached hydrogens (tertiary/aromatic N) is 3. The Morgan fingerprint density at radius 1 is 1.10 bits per heavy atom. The number of amides is 2. The van der Waals surface area contributed by atoms with Crippen molar-refractivity contribution in [3.05, 3.63) is 29.3 Å². The van der Waals surface area contributed by atoms with Gasteiger partial charge in [0.1, 0.15) is 0 Å². The van der Waals surface area contributed by atoms with Crippen LogP contribution in [-0.4, -0.2) is 84.2 Å². The number of carboxylic acid groups (broad SMARTS) is 1. The summed E-state index contributed by atoms with van der Waals surface area (Å²) >= 11 is 0. The van der Waals surface area contributed by atoms with Gasteiger partial charge < -0.3 is 20.2 Å². The number of piperidine rings is 1. The van der Waals surface area contributed by atoms with Crippen molar-refractivity contribution >= 4 is 17.7 Å².